The number of fused-ring (bicyclic) bond motifs is 1. The van der Waals surface area contributed by atoms with Crippen molar-refractivity contribution in [2.24, 2.45) is 7.05 Å². The van der Waals surface area contributed by atoms with Crippen molar-refractivity contribution in [1.82, 2.24) is 14.1 Å². The van der Waals surface area contributed by atoms with Crippen LogP contribution in [0.5, 0.6) is 5.75 Å². The number of imidazole rings is 1. The van der Waals surface area contributed by atoms with E-state index in [0.717, 1.165) is 33.5 Å². The van der Waals surface area contributed by atoms with Crippen molar-refractivity contribution in [3.63, 3.8) is 0 Å². The molecule has 4 aromatic rings. The van der Waals surface area contributed by atoms with Gasteiger partial charge in [0.1, 0.15) is 5.75 Å². The molecule has 6 nitrogen and oxygen atoms in total. The number of nitrogens with one attached hydrogen (secondary N) is 1. The third-order valence-electron chi connectivity index (χ3n) is 5.72. The summed E-state index contributed by atoms with van der Waals surface area (Å²) in [5.41, 5.74) is 4.48. The summed E-state index contributed by atoms with van der Waals surface area (Å²) in [5.74, 6) is 0.742. The highest BCUT2D eigenvalue weighted by Gasteiger charge is 2.23. The SMILES string of the molecule is COc1cc(Cn2c(=O)n(C)c3ccccc32)c(-c2ccc[nH]c2=O)cc1C(C)(C)C. The van der Waals surface area contributed by atoms with Crippen LogP contribution in [0.2, 0.25) is 0 Å². The summed E-state index contributed by atoms with van der Waals surface area (Å²) in [6.07, 6.45) is 1.62. The van der Waals surface area contributed by atoms with E-state index >= 15 is 0 Å². The minimum Gasteiger partial charge on any atom is -0.496 e. The Kier molecular flexibility index (Phi) is 5.09. The number of hydrogen-bond acceptors (Lipinski definition) is 3. The van der Waals surface area contributed by atoms with Gasteiger partial charge >= 0.3 is 5.69 Å². The van der Waals surface area contributed by atoms with E-state index in [1.54, 1.807) is 29.5 Å². The van der Waals surface area contributed by atoms with Crippen LogP contribution < -0.4 is 16.0 Å². The average Bonchev–Trinajstić information content (AvgIpc) is 2.98. The van der Waals surface area contributed by atoms with E-state index in [1.165, 1.54) is 0 Å². The molecule has 0 bridgehead atoms. The summed E-state index contributed by atoms with van der Waals surface area (Å²) in [4.78, 5) is 28.4. The van der Waals surface area contributed by atoms with E-state index in [0.29, 0.717) is 12.1 Å². The number of methoxy groups -OCH3 is 1. The lowest BCUT2D eigenvalue weighted by molar-refractivity contribution is 0.397. The number of para-hydroxylation sites is 2. The smallest absolute Gasteiger partial charge is 0.329 e. The van der Waals surface area contributed by atoms with E-state index in [1.807, 2.05) is 48.5 Å². The van der Waals surface area contributed by atoms with Crippen LogP contribution in [0.25, 0.3) is 22.2 Å². The Labute approximate surface area is 180 Å². The highest BCUT2D eigenvalue weighted by molar-refractivity contribution is 5.76. The van der Waals surface area contributed by atoms with Crippen LogP contribution in [-0.2, 0) is 19.0 Å². The summed E-state index contributed by atoms with van der Waals surface area (Å²) in [6, 6.07) is 15.3. The van der Waals surface area contributed by atoms with Crippen molar-refractivity contribution in [2.45, 2.75) is 32.7 Å². The predicted octanol–water partition coefficient (Wildman–Crippen LogP) is 4.05. The minimum absolute atomic E-state index is 0.104. The fourth-order valence-corrected chi connectivity index (χ4v) is 4.08. The van der Waals surface area contributed by atoms with E-state index in [4.69, 9.17) is 4.74 Å². The number of benzene rings is 2. The first kappa shape index (κ1) is 20.7. The van der Waals surface area contributed by atoms with Gasteiger partial charge in [0.05, 0.1) is 24.7 Å². The number of H-pyrrole nitrogens is 1. The topological polar surface area (TPSA) is 69.0 Å². The van der Waals surface area contributed by atoms with Crippen LogP contribution in [0.15, 0.2) is 64.3 Å². The molecule has 1 N–H and O–H groups in total. The molecule has 0 aliphatic rings. The molecule has 160 valence electrons. The summed E-state index contributed by atoms with van der Waals surface area (Å²) in [5, 5.41) is 0. The van der Waals surface area contributed by atoms with Crippen molar-refractivity contribution in [1.29, 1.82) is 0 Å². The Morgan fingerprint density at radius 3 is 2.32 bits per heavy atom. The van der Waals surface area contributed by atoms with Gasteiger partial charge in [0, 0.05) is 24.4 Å². The van der Waals surface area contributed by atoms with Crippen molar-refractivity contribution in [3.8, 4) is 16.9 Å². The van der Waals surface area contributed by atoms with Gasteiger partial charge in [-0.05, 0) is 52.9 Å². The summed E-state index contributed by atoms with van der Waals surface area (Å²) in [6.45, 7) is 6.65. The lowest BCUT2D eigenvalue weighted by atomic mass is 9.83. The second-order valence-corrected chi connectivity index (χ2v) is 8.79. The van der Waals surface area contributed by atoms with Crippen LogP contribution in [0.3, 0.4) is 0 Å². The fourth-order valence-electron chi connectivity index (χ4n) is 4.08. The molecule has 2 heterocycles. The minimum atomic E-state index is -0.184. The molecule has 31 heavy (non-hydrogen) atoms. The first-order chi connectivity index (χ1) is 14.7. The Balaban J connectivity index is 2.00. The molecule has 4 rings (SSSR count). The van der Waals surface area contributed by atoms with Crippen LogP contribution >= 0.6 is 0 Å². The number of ether oxygens (including phenoxy) is 1. The molecule has 0 atom stereocenters. The van der Waals surface area contributed by atoms with Crippen molar-refractivity contribution in [2.75, 3.05) is 7.11 Å². The second kappa shape index (κ2) is 7.61. The number of nitrogens with zero attached hydrogens (tertiary/aromatic N) is 2. The van der Waals surface area contributed by atoms with Gasteiger partial charge in [0.15, 0.2) is 0 Å². The number of aromatic nitrogens is 3. The van der Waals surface area contributed by atoms with Gasteiger partial charge in [-0.2, -0.15) is 0 Å². The maximum atomic E-state index is 13.0. The normalized spacial score (nSPS) is 11.8. The molecule has 0 saturated carbocycles. The molecular formula is C25H27N3O3. The Morgan fingerprint density at radius 1 is 0.968 bits per heavy atom. The molecule has 2 aromatic carbocycles. The molecule has 2 aromatic heterocycles. The molecule has 0 spiro atoms. The van der Waals surface area contributed by atoms with Crippen LogP contribution in [0.4, 0.5) is 0 Å². The number of pyridine rings is 1. The average molecular weight is 418 g/mol. The maximum Gasteiger partial charge on any atom is 0.329 e. The molecule has 0 aliphatic heterocycles. The van der Waals surface area contributed by atoms with Gasteiger partial charge in [0.2, 0.25) is 0 Å². The lowest BCUT2D eigenvalue weighted by Gasteiger charge is -2.24. The standard InChI is InChI=1S/C25H27N3O3/c1-25(2,3)19-14-18(17-9-8-12-26-23(17)29)16(13-22(19)31-5)15-28-21-11-7-6-10-20(21)27(4)24(28)30/h6-14H,15H2,1-5H3,(H,26,29). The quantitative estimate of drug-likeness (QED) is 0.545. The van der Waals surface area contributed by atoms with Gasteiger partial charge in [-0.15, -0.1) is 0 Å². The summed E-state index contributed by atoms with van der Waals surface area (Å²) in [7, 11) is 3.42. The van der Waals surface area contributed by atoms with Gasteiger partial charge in [-0.1, -0.05) is 32.9 Å². The largest absolute Gasteiger partial charge is 0.496 e. The van der Waals surface area contributed by atoms with Crippen LogP contribution in [0.1, 0.15) is 31.9 Å². The van der Waals surface area contributed by atoms with E-state index < -0.39 is 0 Å². The molecular weight excluding hydrogens is 390 g/mol. The number of hydrogen-bond donors (Lipinski definition) is 1. The molecule has 0 amide bonds. The zero-order valence-electron chi connectivity index (χ0n) is 18.5. The second-order valence-electron chi connectivity index (χ2n) is 8.79. The van der Waals surface area contributed by atoms with Crippen molar-refractivity contribution >= 4 is 11.0 Å². The number of rotatable bonds is 4. The zero-order chi connectivity index (χ0) is 22.3. The number of aryl methyl sites for hydroxylation is 1. The molecule has 0 unspecified atom stereocenters. The zero-order valence-corrected chi connectivity index (χ0v) is 18.5. The lowest BCUT2D eigenvalue weighted by Crippen LogP contribution is -2.23. The summed E-state index contributed by atoms with van der Waals surface area (Å²) >= 11 is 0. The first-order valence-electron chi connectivity index (χ1n) is 10.3. The van der Waals surface area contributed by atoms with Crippen molar-refractivity contribution in [3.05, 3.63) is 86.7 Å². The van der Waals surface area contributed by atoms with Crippen LogP contribution in [0, 0.1) is 0 Å². The van der Waals surface area contributed by atoms with E-state index in [-0.39, 0.29) is 16.7 Å². The summed E-state index contributed by atoms with van der Waals surface area (Å²) < 4.78 is 9.10. The van der Waals surface area contributed by atoms with Gasteiger partial charge < -0.3 is 9.72 Å². The molecule has 0 aliphatic carbocycles. The Morgan fingerprint density at radius 2 is 1.68 bits per heavy atom. The molecule has 6 heteroatoms. The number of aromatic amines is 1. The molecule has 0 saturated heterocycles. The monoisotopic (exact) mass is 417 g/mol. The van der Waals surface area contributed by atoms with E-state index in [2.05, 4.69) is 25.8 Å². The Hall–Kier alpha value is -3.54. The molecule has 0 radical (unpaired) electrons. The highest BCUT2D eigenvalue weighted by Crippen LogP contribution is 2.37. The third kappa shape index (κ3) is 3.58. The molecule has 0 fully saturated rings. The predicted molar refractivity (Wildman–Crippen MR) is 124 cm³/mol. The highest BCUT2D eigenvalue weighted by atomic mass is 16.5. The maximum absolute atomic E-state index is 13.0. The third-order valence-corrected chi connectivity index (χ3v) is 5.72. The van der Waals surface area contributed by atoms with Gasteiger partial charge in [-0.3, -0.25) is 13.9 Å². The van der Waals surface area contributed by atoms with Gasteiger partial charge in [0.25, 0.3) is 5.56 Å². The Bertz CT molecular complexity index is 1380. The van der Waals surface area contributed by atoms with E-state index in [9.17, 15) is 9.59 Å². The van der Waals surface area contributed by atoms with Crippen molar-refractivity contribution < 1.29 is 4.74 Å². The fraction of sp³-hybridized carbons (Fsp3) is 0.280. The first-order valence-corrected chi connectivity index (χ1v) is 10.3. The van der Waals surface area contributed by atoms with Gasteiger partial charge in [-0.25, -0.2) is 4.79 Å². The van der Waals surface area contributed by atoms with Crippen LogP contribution in [-0.4, -0.2) is 21.2 Å².